The summed E-state index contributed by atoms with van der Waals surface area (Å²) in [5, 5.41) is 6.56. The van der Waals surface area contributed by atoms with Crippen LogP contribution in [0.25, 0.3) is 0 Å². The van der Waals surface area contributed by atoms with Crippen molar-refractivity contribution >= 4 is 35.1 Å². The molecule has 3 rings (SSSR count). The van der Waals surface area contributed by atoms with Gasteiger partial charge in [0.15, 0.2) is 0 Å². The smallest absolute Gasteiger partial charge is 0.251 e. The molecule has 2 heterocycles. The second-order valence-electron chi connectivity index (χ2n) is 6.53. The normalized spacial score (nSPS) is 18.6. The molecule has 0 saturated carbocycles. The Labute approximate surface area is 163 Å². The second-order valence-corrected chi connectivity index (χ2v) is 6.97. The standard InChI is InChI=1S/C19H22ClN5O2/c1-4-21-18(27)13-5-6-17-15(8-13)16(7-11(2)25(17)12(3)26)24-19-22-9-14(20)10-23-19/h5-6,8-11,16H,4,7H2,1-3H3,(H,21,27)(H,22,23,24)/t11-,16+/m0/s1. The first-order chi connectivity index (χ1) is 12.9. The van der Waals surface area contributed by atoms with Gasteiger partial charge in [-0.15, -0.1) is 0 Å². The highest BCUT2D eigenvalue weighted by Gasteiger charge is 2.33. The molecular weight excluding hydrogens is 366 g/mol. The van der Waals surface area contributed by atoms with E-state index in [4.69, 9.17) is 11.6 Å². The highest BCUT2D eigenvalue weighted by Crippen LogP contribution is 2.39. The van der Waals surface area contributed by atoms with Crippen molar-refractivity contribution in [3.8, 4) is 0 Å². The number of benzene rings is 1. The van der Waals surface area contributed by atoms with E-state index in [-0.39, 0.29) is 23.9 Å². The van der Waals surface area contributed by atoms with Crippen LogP contribution >= 0.6 is 11.6 Å². The van der Waals surface area contributed by atoms with Crippen LogP contribution in [-0.2, 0) is 4.79 Å². The van der Waals surface area contributed by atoms with Gasteiger partial charge in [-0.2, -0.15) is 0 Å². The molecule has 2 aromatic rings. The number of hydrogen-bond donors (Lipinski definition) is 2. The summed E-state index contributed by atoms with van der Waals surface area (Å²) in [7, 11) is 0. The van der Waals surface area contributed by atoms with Gasteiger partial charge in [0, 0.05) is 30.8 Å². The van der Waals surface area contributed by atoms with Gasteiger partial charge < -0.3 is 15.5 Å². The number of rotatable bonds is 4. The van der Waals surface area contributed by atoms with E-state index >= 15 is 0 Å². The summed E-state index contributed by atoms with van der Waals surface area (Å²) in [4.78, 5) is 34.6. The van der Waals surface area contributed by atoms with Gasteiger partial charge in [0.1, 0.15) is 0 Å². The van der Waals surface area contributed by atoms with E-state index < -0.39 is 0 Å². The Morgan fingerprint density at radius 2 is 2.00 bits per heavy atom. The molecule has 1 aromatic carbocycles. The van der Waals surface area contributed by atoms with Crippen LogP contribution in [0.3, 0.4) is 0 Å². The molecule has 0 unspecified atom stereocenters. The Bertz CT molecular complexity index is 856. The minimum absolute atomic E-state index is 0.00452. The van der Waals surface area contributed by atoms with Crippen LogP contribution in [0.5, 0.6) is 0 Å². The van der Waals surface area contributed by atoms with Crippen molar-refractivity contribution in [2.45, 2.75) is 39.3 Å². The van der Waals surface area contributed by atoms with E-state index in [9.17, 15) is 9.59 Å². The Kier molecular flexibility index (Phi) is 5.60. The number of carbonyl (C=O) groups is 2. The summed E-state index contributed by atoms with van der Waals surface area (Å²) in [5.41, 5.74) is 2.21. The molecule has 0 radical (unpaired) electrons. The Morgan fingerprint density at radius 1 is 1.30 bits per heavy atom. The van der Waals surface area contributed by atoms with Crippen molar-refractivity contribution in [1.29, 1.82) is 0 Å². The van der Waals surface area contributed by atoms with Crippen LogP contribution in [-0.4, -0.2) is 34.4 Å². The fourth-order valence-electron chi connectivity index (χ4n) is 3.43. The molecule has 2 atom stereocenters. The molecule has 1 aliphatic heterocycles. The maximum atomic E-state index is 12.3. The summed E-state index contributed by atoms with van der Waals surface area (Å²) in [5.74, 6) is 0.271. The zero-order valence-electron chi connectivity index (χ0n) is 15.5. The minimum atomic E-state index is -0.144. The predicted octanol–water partition coefficient (Wildman–Crippen LogP) is 3.18. The lowest BCUT2D eigenvalue weighted by atomic mass is 9.90. The lowest BCUT2D eigenvalue weighted by Crippen LogP contribution is -2.43. The third-order valence-corrected chi connectivity index (χ3v) is 4.74. The lowest BCUT2D eigenvalue weighted by Gasteiger charge is -2.39. The molecule has 0 fully saturated rings. The molecule has 1 aromatic heterocycles. The highest BCUT2D eigenvalue weighted by atomic mass is 35.5. The van der Waals surface area contributed by atoms with Gasteiger partial charge >= 0.3 is 0 Å². The van der Waals surface area contributed by atoms with Gasteiger partial charge in [-0.1, -0.05) is 11.6 Å². The number of nitrogens with one attached hydrogen (secondary N) is 2. The van der Waals surface area contributed by atoms with Crippen LogP contribution in [0.15, 0.2) is 30.6 Å². The third kappa shape index (κ3) is 4.03. The summed E-state index contributed by atoms with van der Waals surface area (Å²) < 4.78 is 0. The topological polar surface area (TPSA) is 87.2 Å². The maximum absolute atomic E-state index is 12.3. The zero-order valence-corrected chi connectivity index (χ0v) is 16.2. The van der Waals surface area contributed by atoms with E-state index in [1.165, 1.54) is 12.4 Å². The molecule has 2 N–H and O–H groups in total. The van der Waals surface area contributed by atoms with Crippen molar-refractivity contribution < 1.29 is 9.59 Å². The molecule has 0 bridgehead atoms. The first-order valence-corrected chi connectivity index (χ1v) is 9.24. The molecular formula is C19H22ClN5O2. The number of amides is 2. The second kappa shape index (κ2) is 7.92. The van der Waals surface area contributed by atoms with Crippen molar-refractivity contribution in [2.75, 3.05) is 16.8 Å². The summed E-state index contributed by atoms with van der Waals surface area (Å²) in [6.07, 6.45) is 3.71. The predicted molar refractivity (Wildman–Crippen MR) is 105 cm³/mol. The quantitative estimate of drug-likeness (QED) is 0.841. The van der Waals surface area contributed by atoms with E-state index in [1.807, 2.05) is 26.0 Å². The molecule has 0 spiro atoms. The van der Waals surface area contributed by atoms with Crippen LogP contribution in [0.1, 0.15) is 49.2 Å². The Hall–Kier alpha value is -2.67. The summed E-state index contributed by atoms with van der Waals surface area (Å²) >= 11 is 5.86. The van der Waals surface area contributed by atoms with E-state index in [0.717, 1.165) is 11.3 Å². The molecule has 142 valence electrons. The van der Waals surface area contributed by atoms with Crippen LogP contribution in [0, 0.1) is 0 Å². The number of anilines is 2. The van der Waals surface area contributed by atoms with E-state index in [2.05, 4.69) is 20.6 Å². The van der Waals surface area contributed by atoms with Crippen molar-refractivity contribution in [1.82, 2.24) is 15.3 Å². The minimum Gasteiger partial charge on any atom is -0.352 e. The van der Waals surface area contributed by atoms with Crippen LogP contribution < -0.4 is 15.5 Å². The molecule has 27 heavy (non-hydrogen) atoms. The number of aromatic nitrogens is 2. The molecule has 1 aliphatic rings. The van der Waals surface area contributed by atoms with Gasteiger partial charge in [-0.3, -0.25) is 9.59 Å². The third-order valence-electron chi connectivity index (χ3n) is 4.54. The molecule has 0 aliphatic carbocycles. The van der Waals surface area contributed by atoms with Gasteiger partial charge in [0.2, 0.25) is 11.9 Å². The van der Waals surface area contributed by atoms with E-state index in [1.54, 1.807) is 17.9 Å². The lowest BCUT2D eigenvalue weighted by molar-refractivity contribution is -0.117. The van der Waals surface area contributed by atoms with Gasteiger partial charge in [-0.25, -0.2) is 9.97 Å². The van der Waals surface area contributed by atoms with Crippen molar-refractivity contribution in [2.24, 2.45) is 0 Å². The Morgan fingerprint density at radius 3 is 2.63 bits per heavy atom. The van der Waals surface area contributed by atoms with E-state index in [0.29, 0.717) is 29.5 Å². The average molecular weight is 388 g/mol. The highest BCUT2D eigenvalue weighted by molar-refractivity contribution is 6.30. The number of carbonyl (C=O) groups excluding carboxylic acids is 2. The summed E-state index contributed by atoms with van der Waals surface area (Å²) in [6.45, 7) is 5.97. The number of fused-ring (bicyclic) bond motifs is 1. The average Bonchev–Trinajstić information content (AvgIpc) is 2.63. The number of halogens is 1. The summed E-state index contributed by atoms with van der Waals surface area (Å²) in [6, 6.07) is 5.26. The molecule has 8 heteroatoms. The first kappa shape index (κ1) is 19.1. The fraction of sp³-hybridized carbons (Fsp3) is 0.368. The first-order valence-electron chi connectivity index (χ1n) is 8.86. The number of nitrogens with zero attached hydrogens (tertiary/aromatic N) is 3. The molecule has 0 saturated heterocycles. The van der Waals surface area contributed by atoms with Crippen LogP contribution in [0.2, 0.25) is 5.02 Å². The van der Waals surface area contributed by atoms with Crippen molar-refractivity contribution in [3.05, 3.63) is 46.7 Å². The largest absolute Gasteiger partial charge is 0.352 e. The van der Waals surface area contributed by atoms with Crippen molar-refractivity contribution in [3.63, 3.8) is 0 Å². The number of hydrogen-bond acceptors (Lipinski definition) is 5. The van der Waals surface area contributed by atoms with Gasteiger partial charge in [0.05, 0.1) is 23.5 Å². The fourth-order valence-corrected chi connectivity index (χ4v) is 3.52. The molecule has 2 amide bonds. The zero-order chi connectivity index (χ0) is 19.6. The molecule has 7 nitrogen and oxygen atoms in total. The van der Waals surface area contributed by atoms with Gasteiger partial charge in [-0.05, 0) is 44.0 Å². The SMILES string of the molecule is CCNC(=O)c1ccc2c(c1)[C@H](Nc1ncc(Cl)cn1)C[C@H](C)N2C(C)=O. The van der Waals surface area contributed by atoms with Gasteiger partial charge in [0.25, 0.3) is 5.91 Å². The van der Waals surface area contributed by atoms with Crippen LogP contribution in [0.4, 0.5) is 11.6 Å². The Balaban J connectivity index is 2.01. The maximum Gasteiger partial charge on any atom is 0.251 e. The monoisotopic (exact) mass is 387 g/mol.